The summed E-state index contributed by atoms with van der Waals surface area (Å²) in [5, 5.41) is 13.6. The van der Waals surface area contributed by atoms with Crippen molar-refractivity contribution in [2.75, 3.05) is 0 Å². The van der Waals surface area contributed by atoms with Gasteiger partial charge in [-0.1, -0.05) is 24.2 Å². The van der Waals surface area contributed by atoms with Gasteiger partial charge in [0.2, 0.25) is 0 Å². The first kappa shape index (κ1) is 9.39. The predicted octanol–water partition coefficient (Wildman–Crippen LogP) is 2.49. The third-order valence-electron chi connectivity index (χ3n) is 3.10. The van der Waals surface area contributed by atoms with Gasteiger partial charge in [0.15, 0.2) is 5.82 Å². The molecule has 1 heterocycles. The highest BCUT2D eigenvalue weighted by Crippen LogP contribution is 2.46. The largest absolute Gasteiger partial charge is 0.507 e. The second kappa shape index (κ2) is 3.07. The summed E-state index contributed by atoms with van der Waals surface area (Å²) in [6, 6.07) is 6.97. The van der Waals surface area contributed by atoms with Crippen molar-refractivity contribution in [3.05, 3.63) is 30.1 Å². The lowest BCUT2D eigenvalue weighted by Gasteiger charge is -1.98. The van der Waals surface area contributed by atoms with Crippen LogP contribution in [0.3, 0.4) is 0 Å². The number of aromatic hydroxyl groups is 1. The van der Waals surface area contributed by atoms with Crippen molar-refractivity contribution in [3.8, 4) is 17.2 Å². The van der Waals surface area contributed by atoms with Gasteiger partial charge in [0.25, 0.3) is 5.89 Å². The maximum Gasteiger partial charge on any atom is 0.261 e. The number of hydrogen-bond donors (Lipinski definition) is 1. The quantitative estimate of drug-likeness (QED) is 0.837. The van der Waals surface area contributed by atoms with Crippen LogP contribution in [0.25, 0.3) is 11.5 Å². The summed E-state index contributed by atoms with van der Waals surface area (Å²) in [5.41, 5.74) is 0.678. The van der Waals surface area contributed by atoms with E-state index in [1.165, 1.54) is 0 Å². The number of hydrogen-bond acceptors (Lipinski definition) is 4. The second-order valence-electron chi connectivity index (χ2n) is 4.50. The molecule has 1 aromatic carbocycles. The van der Waals surface area contributed by atoms with Gasteiger partial charge in [0, 0.05) is 5.41 Å². The summed E-state index contributed by atoms with van der Waals surface area (Å²) < 4.78 is 5.18. The van der Waals surface area contributed by atoms with Crippen LogP contribution < -0.4 is 0 Å². The van der Waals surface area contributed by atoms with Crippen molar-refractivity contribution in [2.45, 2.75) is 25.2 Å². The molecule has 4 heteroatoms. The molecule has 1 saturated carbocycles. The summed E-state index contributed by atoms with van der Waals surface area (Å²) >= 11 is 0. The third kappa shape index (κ3) is 1.38. The smallest absolute Gasteiger partial charge is 0.261 e. The summed E-state index contributed by atoms with van der Waals surface area (Å²) in [6.45, 7) is 2.12. The van der Waals surface area contributed by atoms with Crippen molar-refractivity contribution < 1.29 is 9.63 Å². The number of para-hydroxylation sites is 1. The summed E-state index contributed by atoms with van der Waals surface area (Å²) in [5.74, 6) is 1.30. The van der Waals surface area contributed by atoms with Crippen molar-refractivity contribution in [3.63, 3.8) is 0 Å². The lowest BCUT2D eigenvalue weighted by molar-refractivity contribution is 0.411. The van der Waals surface area contributed by atoms with Gasteiger partial charge in [0.05, 0.1) is 5.56 Å². The van der Waals surface area contributed by atoms with Crippen molar-refractivity contribution in [1.29, 1.82) is 0 Å². The van der Waals surface area contributed by atoms with Gasteiger partial charge in [-0.15, -0.1) is 0 Å². The number of benzene rings is 1. The van der Waals surface area contributed by atoms with Crippen molar-refractivity contribution in [1.82, 2.24) is 10.1 Å². The standard InChI is InChI=1S/C12H12N2O2/c1-12(6-7-12)11-13-10(16-14-11)8-4-2-3-5-9(8)15/h2-5,15H,6-7H2,1H3. The molecule has 0 radical (unpaired) electrons. The Morgan fingerprint density at radius 2 is 2.06 bits per heavy atom. The number of aromatic nitrogens is 2. The van der Waals surface area contributed by atoms with Crippen LogP contribution in [0.4, 0.5) is 0 Å². The van der Waals surface area contributed by atoms with Crippen LogP contribution in [0, 0.1) is 0 Å². The molecule has 0 bridgehead atoms. The first-order valence-corrected chi connectivity index (χ1v) is 5.32. The van der Waals surface area contributed by atoms with Crippen LogP contribution in [-0.2, 0) is 5.41 Å². The SMILES string of the molecule is CC1(c2noc(-c3ccccc3O)n2)CC1. The van der Waals surface area contributed by atoms with Crippen LogP contribution in [0.1, 0.15) is 25.6 Å². The summed E-state index contributed by atoms with van der Waals surface area (Å²) in [7, 11) is 0. The van der Waals surface area contributed by atoms with Crippen molar-refractivity contribution in [2.24, 2.45) is 0 Å². The molecule has 1 aliphatic rings. The van der Waals surface area contributed by atoms with E-state index in [0.29, 0.717) is 11.5 Å². The van der Waals surface area contributed by atoms with E-state index >= 15 is 0 Å². The zero-order valence-corrected chi connectivity index (χ0v) is 8.97. The van der Waals surface area contributed by atoms with E-state index < -0.39 is 0 Å². The highest BCUT2D eigenvalue weighted by Gasteiger charge is 2.43. The van der Waals surface area contributed by atoms with Gasteiger partial charge in [0.1, 0.15) is 5.75 Å². The van der Waals surface area contributed by atoms with E-state index in [-0.39, 0.29) is 11.2 Å². The molecule has 1 N–H and O–H groups in total. The Labute approximate surface area is 92.9 Å². The fraction of sp³-hybridized carbons (Fsp3) is 0.333. The van der Waals surface area contributed by atoms with Gasteiger partial charge in [-0.25, -0.2) is 0 Å². The molecule has 0 unspecified atom stereocenters. The van der Waals surface area contributed by atoms with Crippen LogP contribution >= 0.6 is 0 Å². The number of nitrogens with zero attached hydrogens (tertiary/aromatic N) is 2. The molecule has 1 aliphatic carbocycles. The van der Waals surface area contributed by atoms with E-state index in [1.54, 1.807) is 18.2 Å². The summed E-state index contributed by atoms with van der Waals surface area (Å²) in [6.07, 6.45) is 2.21. The molecule has 82 valence electrons. The van der Waals surface area contributed by atoms with Crippen LogP contribution in [0.2, 0.25) is 0 Å². The van der Waals surface area contributed by atoms with E-state index in [9.17, 15) is 5.11 Å². The van der Waals surface area contributed by atoms with Gasteiger partial charge < -0.3 is 9.63 Å². The predicted molar refractivity (Wildman–Crippen MR) is 58.0 cm³/mol. The molecule has 1 fully saturated rings. The van der Waals surface area contributed by atoms with E-state index in [4.69, 9.17) is 4.52 Å². The highest BCUT2D eigenvalue weighted by molar-refractivity contribution is 5.61. The highest BCUT2D eigenvalue weighted by atomic mass is 16.5. The van der Waals surface area contributed by atoms with E-state index in [1.807, 2.05) is 6.07 Å². The van der Waals surface area contributed by atoms with Gasteiger partial charge in [-0.05, 0) is 25.0 Å². The minimum absolute atomic E-state index is 0.0894. The average molecular weight is 216 g/mol. The van der Waals surface area contributed by atoms with Gasteiger partial charge in [-0.2, -0.15) is 4.98 Å². The second-order valence-corrected chi connectivity index (χ2v) is 4.50. The molecule has 0 saturated heterocycles. The molecule has 3 rings (SSSR count). The topological polar surface area (TPSA) is 59.2 Å². The summed E-state index contributed by atoms with van der Waals surface area (Å²) in [4.78, 5) is 4.34. The molecule has 0 amide bonds. The minimum Gasteiger partial charge on any atom is -0.507 e. The fourth-order valence-electron chi connectivity index (χ4n) is 1.64. The lowest BCUT2D eigenvalue weighted by atomic mass is 10.1. The Hall–Kier alpha value is -1.84. The zero-order valence-electron chi connectivity index (χ0n) is 8.97. The monoisotopic (exact) mass is 216 g/mol. The fourth-order valence-corrected chi connectivity index (χ4v) is 1.64. The van der Waals surface area contributed by atoms with Crippen LogP contribution in [-0.4, -0.2) is 15.2 Å². The van der Waals surface area contributed by atoms with Crippen LogP contribution in [0.5, 0.6) is 5.75 Å². The molecular weight excluding hydrogens is 204 g/mol. The molecule has 1 aromatic heterocycles. The van der Waals surface area contributed by atoms with E-state index in [2.05, 4.69) is 17.1 Å². The maximum atomic E-state index is 9.66. The minimum atomic E-state index is 0.0894. The number of rotatable bonds is 2. The molecule has 16 heavy (non-hydrogen) atoms. The Bertz CT molecular complexity index is 529. The molecular formula is C12H12N2O2. The normalized spacial score (nSPS) is 17.3. The first-order chi connectivity index (χ1) is 7.69. The zero-order chi connectivity index (χ0) is 11.2. The molecule has 0 atom stereocenters. The van der Waals surface area contributed by atoms with E-state index in [0.717, 1.165) is 18.7 Å². The molecule has 0 aliphatic heterocycles. The Morgan fingerprint density at radius 1 is 1.31 bits per heavy atom. The van der Waals surface area contributed by atoms with Crippen LogP contribution in [0.15, 0.2) is 28.8 Å². The Morgan fingerprint density at radius 3 is 2.75 bits per heavy atom. The average Bonchev–Trinajstić information content (AvgIpc) is 2.84. The van der Waals surface area contributed by atoms with Crippen molar-refractivity contribution >= 4 is 0 Å². The van der Waals surface area contributed by atoms with Gasteiger partial charge >= 0.3 is 0 Å². The van der Waals surface area contributed by atoms with Gasteiger partial charge in [-0.3, -0.25) is 0 Å². The number of phenols is 1. The molecule has 0 spiro atoms. The number of phenolic OH excluding ortho intramolecular Hbond substituents is 1. The molecule has 4 nitrogen and oxygen atoms in total. The Kier molecular flexibility index (Phi) is 1.80. The Balaban J connectivity index is 2.02. The maximum absolute atomic E-state index is 9.66. The third-order valence-corrected chi connectivity index (χ3v) is 3.10. The first-order valence-electron chi connectivity index (χ1n) is 5.32. The lowest BCUT2D eigenvalue weighted by Crippen LogP contribution is -2.01. The molecule has 2 aromatic rings.